The Balaban J connectivity index is 2.64. The lowest BCUT2D eigenvalue weighted by atomic mass is 10.2. The highest BCUT2D eigenvalue weighted by molar-refractivity contribution is 8.13. The van der Waals surface area contributed by atoms with Crippen LogP contribution in [0.2, 0.25) is 0 Å². The molecular weight excluding hydrogens is 239 g/mol. The Morgan fingerprint density at radius 3 is 2.94 bits per heavy atom. The Bertz CT molecular complexity index is 460. The van der Waals surface area contributed by atoms with Crippen molar-refractivity contribution < 1.29 is 13.9 Å². The lowest BCUT2D eigenvalue weighted by Gasteiger charge is -2.02. The molecule has 0 aliphatic heterocycles. The first-order valence-electron chi connectivity index (χ1n) is 5.09. The molecule has 0 bridgehead atoms. The normalized spacial score (nSPS) is 9.35. The third kappa shape index (κ3) is 4.92. The fourth-order valence-electron chi connectivity index (χ4n) is 1.18. The highest BCUT2D eigenvalue weighted by Gasteiger charge is 2.00. The van der Waals surface area contributed by atoms with Gasteiger partial charge in [0.25, 0.3) is 0 Å². The van der Waals surface area contributed by atoms with Crippen LogP contribution in [0.25, 0.3) is 0 Å². The molecule has 0 saturated heterocycles. The standard InChI is InChI=1S/C13H13FO2S/c1-10(15)17-8-4-3-5-11-9-12(14)6-7-13(11)16-2/h6-7,9H,4,8H2,1-2H3. The van der Waals surface area contributed by atoms with Gasteiger partial charge >= 0.3 is 0 Å². The monoisotopic (exact) mass is 252 g/mol. The molecule has 1 rings (SSSR count). The van der Waals surface area contributed by atoms with Crippen molar-refractivity contribution in [2.24, 2.45) is 0 Å². The minimum Gasteiger partial charge on any atom is -0.495 e. The molecule has 0 spiro atoms. The summed E-state index contributed by atoms with van der Waals surface area (Å²) < 4.78 is 18.1. The van der Waals surface area contributed by atoms with Crippen LogP contribution >= 0.6 is 11.8 Å². The van der Waals surface area contributed by atoms with Crippen LogP contribution in [-0.2, 0) is 4.79 Å². The zero-order valence-electron chi connectivity index (χ0n) is 9.75. The van der Waals surface area contributed by atoms with Gasteiger partial charge in [0, 0.05) is 19.1 Å². The zero-order valence-corrected chi connectivity index (χ0v) is 10.6. The number of hydrogen-bond donors (Lipinski definition) is 0. The number of rotatable bonds is 3. The molecule has 0 amide bonds. The van der Waals surface area contributed by atoms with Crippen molar-refractivity contribution in [3.63, 3.8) is 0 Å². The number of carbonyl (C=O) groups excluding carboxylic acids is 1. The predicted molar refractivity (Wildman–Crippen MR) is 67.6 cm³/mol. The Kier molecular flexibility index (Phi) is 5.58. The molecule has 0 saturated carbocycles. The average molecular weight is 252 g/mol. The van der Waals surface area contributed by atoms with Crippen molar-refractivity contribution in [1.29, 1.82) is 0 Å². The molecule has 0 aliphatic carbocycles. The molecule has 17 heavy (non-hydrogen) atoms. The average Bonchev–Trinajstić information content (AvgIpc) is 2.28. The van der Waals surface area contributed by atoms with Crippen LogP contribution in [-0.4, -0.2) is 18.0 Å². The third-order valence-corrected chi connectivity index (χ3v) is 2.73. The number of benzene rings is 1. The first-order chi connectivity index (χ1) is 8.13. The molecule has 0 radical (unpaired) electrons. The molecule has 4 heteroatoms. The van der Waals surface area contributed by atoms with Crippen molar-refractivity contribution >= 4 is 16.9 Å². The topological polar surface area (TPSA) is 26.3 Å². The van der Waals surface area contributed by atoms with E-state index < -0.39 is 0 Å². The maximum atomic E-state index is 13.0. The number of halogens is 1. The second-order valence-corrected chi connectivity index (χ2v) is 4.51. The van der Waals surface area contributed by atoms with Crippen molar-refractivity contribution in [2.45, 2.75) is 13.3 Å². The Morgan fingerprint density at radius 1 is 1.53 bits per heavy atom. The Morgan fingerprint density at radius 2 is 2.29 bits per heavy atom. The lowest BCUT2D eigenvalue weighted by Crippen LogP contribution is -1.89. The number of carbonyl (C=O) groups is 1. The molecule has 2 nitrogen and oxygen atoms in total. The first-order valence-corrected chi connectivity index (χ1v) is 6.08. The minimum absolute atomic E-state index is 0.0788. The Hall–Kier alpha value is -1.47. The van der Waals surface area contributed by atoms with Gasteiger partial charge in [0.15, 0.2) is 5.12 Å². The summed E-state index contributed by atoms with van der Waals surface area (Å²) in [5.74, 6) is 6.60. The van der Waals surface area contributed by atoms with Gasteiger partial charge in [-0.3, -0.25) is 4.79 Å². The van der Waals surface area contributed by atoms with Crippen LogP contribution in [0.5, 0.6) is 5.75 Å². The Labute approximate surface area is 105 Å². The van der Waals surface area contributed by atoms with E-state index in [1.54, 1.807) is 6.07 Å². The van der Waals surface area contributed by atoms with Gasteiger partial charge in [0.05, 0.1) is 12.7 Å². The highest BCUT2D eigenvalue weighted by atomic mass is 32.2. The fourth-order valence-corrected chi connectivity index (χ4v) is 1.67. The predicted octanol–water partition coefficient (Wildman–Crippen LogP) is 2.86. The van der Waals surface area contributed by atoms with E-state index in [0.717, 1.165) is 0 Å². The van der Waals surface area contributed by atoms with Gasteiger partial charge in [-0.1, -0.05) is 23.6 Å². The largest absolute Gasteiger partial charge is 0.495 e. The maximum Gasteiger partial charge on any atom is 0.185 e. The smallest absolute Gasteiger partial charge is 0.185 e. The molecule has 0 fully saturated rings. The molecule has 1 aromatic carbocycles. The summed E-state index contributed by atoms with van der Waals surface area (Å²) in [5, 5.41) is 0.0788. The van der Waals surface area contributed by atoms with E-state index in [1.165, 1.54) is 37.9 Å². The minimum atomic E-state index is -0.340. The molecule has 1 aromatic rings. The number of thioether (sulfide) groups is 1. The molecular formula is C13H13FO2S. The van der Waals surface area contributed by atoms with Crippen LogP contribution in [0.3, 0.4) is 0 Å². The molecule has 0 unspecified atom stereocenters. The summed E-state index contributed by atoms with van der Waals surface area (Å²) in [5.41, 5.74) is 0.528. The molecule has 0 N–H and O–H groups in total. The van der Waals surface area contributed by atoms with Gasteiger partial charge in [0.1, 0.15) is 11.6 Å². The van der Waals surface area contributed by atoms with Crippen molar-refractivity contribution in [1.82, 2.24) is 0 Å². The van der Waals surface area contributed by atoms with Gasteiger partial charge < -0.3 is 4.74 Å². The third-order valence-electron chi connectivity index (χ3n) is 1.92. The van der Waals surface area contributed by atoms with Crippen molar-refractivity contribution in [2.75, 3.05) is 12.9 Å². The SMILES string of the molecule is COc1ccc(F)cc1C#CCCSC(C)=O. The molecule has 0 aliphatic rings. The van der Waals surface area contributed by atoms with E-state index in [1.807, 2.05) is 0 Å². The quantitative estimate of drug-likeness (QED) is 0.611. The number of methoxy groups -OCH3 is 1. The summed E-state index contributed by atoms with van der Waals surface area (Å²) in [6.07, 6.45) is 0.587. The van der Waals surface area contributed by atoms with E-state index in [-0.39, 0.29) is 10.9 Å². The van der Waals surface area contributed by atoms with Crippen LogP contribution in [0, 0.1) is 17.7 Å². The maximum absolute atomic E-state index is 13.0. The van der Waals surface area contributed by atoms with Crippen LogP contribution in [0.4, 0.5) is 4.39 Å². The van der Waals surface area contributed by atoms with Gasteiger partial charge in [-0.15, -0.1) is 0 Å². The van der Waals surface area contributed by atoms with Gasteiger partial charge in [-0.2, -0.15) is 0 Å². The second kappa shape index (κ2) is 6.97. The summed E-state index contributed by atoms with van der Waals surface area (Å²) in [7, 11) is 1.52. The fraction of sp³-hybridized carbons (Fsp3) is 0.308. The van der Waals surface area contributed by atoms with Crippen molar-refractivity contribution in [3.8, 4) is 17.6 Å². The van der Waals surface area contributed by atoms with E-state index in [9.17, 15) is 9.18 Å². The second-order valence-electron chi connectivity index (χ2n) is 3.24. The first kappa shape index (κ1) is 13.6. The van der Waals surface area contributed by atoms with Crippen LogP contribution < -0.4 is 4.74 Å². The summed E-state index contributed by atoms with van der Waals surface area (Å²) in [6, 6.07) is 4.21. The van der Waals surface area contributed by atoms with E-state index >= 15 is 0 Å². The molecule has 90 valence electrons. The molecule has 0 heterocycles. The van der Waals surface area contributed by atoms with E-state index in [0.29, 0.717) is 23.5 Å². The zero-order chi connectivity index (χ0) is 12.7. The summed E-state index contributed by atoms with van der Waals surface area (Å²) in [6.45, 7) is 1.52. The number of hydrogen-bond acceptors (Lipinski definition) is 3. The molecule has 0 aromatic heterocycles. The van der Waals surface area contributed by atoms with Gasteiger partial charge in [0.2, 0.25) is 0 Å². The highest BCUT2D eigenvalue weighted by Crippen LogP contribution is 2.17. The molecule has 0 atom stereocenters. The van der Waals surface area contributed by atoms with Gasteiger partial charge in [-0.05, 0) is 18.2 Å². The summed E-state index contributed by atoms with van der Waals surface area (Å²) >= 11 is 1.23. The number of ether oxygens (including phenoxy) is 1. The van der Waals surface area contributed by atoms with Crippen molar-refractivity contribution in [3.05, 3.63) is 29.6 Å². The van der Waals surface area contributed by atoms with E-state index in [2.05, 4.69) is 11.8 Å². The lowest BCUT2D eigenvalue weighted by molar-refractivity contribution is -0.109. The van der Waals surface area contributed by atoms with E-state index in [4.69, 9.17) is 4.74 Å². The van der Waals surface area contributed by atoms with Crippen LogP contribution in [0.1, 0.15) is 18.9 Å². The summed E-state index contributed by atoms with van der Waals surface area (Å²) in [4.78, 5) is 10.7. The van der Waals surface area contributed by atoms with Gasteiger partial charge in [-0.25, -0.2) is 4.39 Å². The van der Waals surface area contributed by atoms with Crippen LogP contribution in [0.15, 0.2) is 18.2 Å².